The molecular weight excluding hydrogens is 1960 g/mol. The largest absolute Gasteiger partial charge is 0.509 e. The van der Waals surface area contributed by atoms with Gasteiger partial charge in [0.1, 0.15) is 22.3 Å². The van der Waals surface area contributed by atoms with Crippen LogP contribution in [0.25, 0.3) is 77.3 Å². The maximum Gasteiger partial charge on any atom is 0.488 e. The number of benzene rings is 20. The minimum Gasteiger partial charge on any atom is -0.509 e. The second kappa shape index (κ2) is 56.2. The van der Waals surface area contributed by atoms with Gasteiger partial charge in [0.05, 0.1) is 0 Å². The third kappa shape index (κ3) is 29.7. The number of nitrogen functional groups attached to an aromatic ring is 2. The van der Waals surface area contributed by atoms with E-state index in [4.69, 9.17) is 30.4 Å². The number of carbonyl (C=O) groups excluding carboxylic acids is 1. The molecule has 20 aromatic carbocycles. The van der Waals surface area contributed by atoms with Gasteiger partial charge >= 0.3 is 7.12 Å². The molecule has 7 N–H and O–H groups in total. The first-order valence-electron chi connectivity index (χ1n) is 44.3. The summed E-state index contributed by atoms with van der Waals surface area (Å²) in [4.78, 5) is 11.3. The van der Waals surface area contributed by atoms with Gasteiger partial charge < -0.3 is 40.0 Å². The van der Waals surface area contributed by atoms with E-state index in [1.54, 1.807) is 12.1 Å². The Morgan fingerprint density at radius 1 is 0.252 bits per heavy atom. The van der Waals surface area contributed by atoms with Crippen molar-refractivity contribution in [2.75, 3.05) is 11.5 Å². The van der Waals surface area contributed by atoms with Crippen LogP contribution in [-0.2, 0) is 30.1 Å². The first-order chi connectivity index (χ1) is 67.0. The Balaban J connectivity index is 0.000000146. The quantitative estimate of drug-likeness (QED) is 0.0149. The van der Waals surface area contributed by atoms with Gasteiger partial charge in [0, 0.05) is 117 Å². The number of hydrogen-bond donors (Lipinski definition) is 5. The van der Waals surface area contributed by atoms with E-state index in [0.29, 0.717) is 5.46 Å². The van der Waals surface area contributed by atoms with E-state index in [9.17, 15) is 10.0 Å². The van der Waals surface area contributed by atoms with E-state index < -0.39 is 38.8 Å². The topological polar surface area (TPSA) is 165 Å². The molecule has 0 aliphatic heterocycles. The fourth-order valence-electron chi connectivity index (χ4n) is 15.6. The Morgan fingerprint density at radius 3 is 0.719 bits per heavy atom. The molecule has 0 saturated heterocycles. The summed E-state index contributed by atoms with van der Waals surface area (Å²) in [5.74, 6) is 0. The molecule has 0 atom stereocenters. The zero-order valence-electron chi connectivity index (χ0n) is 76.7. The van der Waals surface area contributed by atoms with Crippen molar-refractivity contribution in [2.45, 2.75) is 0 Å². The van der Waals surface area contributed by atoms with E-state index >= 15 is 0 Å². The number of furan rings is 2. The maximum atomic E-state index is 9.38. The molecule has 0 amide bonds. The van der Waals surface area contributed by atoms with Crippen molar-refractivity contribution in [3.63, 3.8) is 0 Å². The summed E-state index contributed by atoms with van der Waals surface area (Å²) in [5, 5.41) is 46.9. The molecule has 2 heterocycles. The first-order valence-corrected chi connectivity index (χ1v) is 50.4. The minimum absolute atomic E-state index is 0. The predicted octanol–water partition coefficient (Wildman–Crippen LogP) is 24.0. The van der Waals surface area contributed by atoms with Crippen molar-refractivity contribution in [2.24, 2.45) is 0 Å². The number of anilines is 2. The van der Waals surface area contributed by atoms with Crippen LogP contribution in [0.1, 0.15) is 0 Å². The summed E-state index contributed by atoms with van der Waals surface area (Å²) in [6, 6.07) is 189. The Morgan fingerprint density at radius 2 is 0.468 bits per heavy atom. The maximum absolute atomic E-state index is 9.38. The molecule has 0 saturated carbocycles. The van der Waals surface area contributed by atoms with Crippen LogP contribution in [0, 0.1) is 0 Å². The summed E-state index contributed by atoms with van der Waals surface area (Å²) < 4.78 is 13.0. The van der Waals surface area contributed by atoms with Gasteiger partial charge in [0.15, 0.2) is 0 Å². The normalized spacial score (nSPS) is 10.3. The molecular formula is C121H97BBrN2Na2O7P4Pd-. The second-order valence-corrected chi connectivity index (χ2v) is 40.6. The van der Waals surface area contributed by atoms with Crippen molar-refractivity contribution in [3.05, 3.63) is 550 Å². The average Bonchev–Trinajstić information content (AvgIpc) is 1.62. The molecule has 2 radical (unpaired) electrons. The minimum atomic E-state index is -1.47. The average molecular weight is 2060 g/mol. The molecule has 22 aromatic rings. The predicted molar refractivity (Wildman–Crippen MR) is 598 cm³/mol. The molecule has 0 fully saturated rings. The molecule has 0 aliphatic rings. The van der Waals surface area contributed by atoms with Crippen LogP contribution in [0.4, 0.5) is 11.4 Å². The van der Waals surface area contributed by atoms with Gasteiger partial charge in [0.25, 0.3) is 0 Å². The van der Waals surface area contributed by atoms with E-state index in [1.807, 2.05) is 109 Å². The van der Waals surface area contributed by atoms with Gasteiger partial charge in [-0.2, -0.15) is 0 Å². The van der Waals surface area contributed by atoms with Crippen LogP contribution >= 0.6 is 47.6 Å². The van der Waals surface area contributed by atoms with Crippen molar-refractivity contribution in [3.8, 4) is 33.4 Å². The van der Waals surface area contributed by atoms with E-state index in [1.165, 1.54) is 80.3 Å². The Hall–Kier alpha value is -12.1. The van der Waals surface area contributed by atoms with E-state index in [-0.39, 0.29) is 79.5 Å². The van der Waals surface area contributed by atoms with Crippen LogP contribution in [0.3, 0.4) is 0 Å². The molecule has 0 spiro atoms. The monoisotopic (exact) mass is 2060 g/mol. The van der Waals surface area contributed by atoms with Crippen molar-refractivity contribution in [1.82, 2.24) is 0 Å². The molecule has 0 bridgehead atoms. The van der Waals surface area contributed by atoms with Crippen LogP contribution in [0.15, 0.2) is 559 Å². The fraction of sp³-hybridized carbons (Fsp3) is 0. The van der Waals surface area contributed by atoms with Crippen LogP contribution < -0.4 is 80.6 Å². The van der Waals surface area contributed by atoms with Crippen LogP contribution in [0.5, 0.6) is 0 Å². The van der Waals surface area contributed by atoms with Crippen molar-refractivity contribution >= 4 is 245 Å². The number of rotatable bonds is 17. The third-order valence-corrected chi connectivity index (χ3v) is 32.1. The number of fused-ring (bicyclic) bond motifs is 6. The summed E-state index contributed by atoms with van der Waals surface area (Å²) in [6.45, 7) is 0.736. The number of para-hydroxylation sites is 2. The van der Waals surface area contributed by atoms with Gasteiger partial charge in [-0.1, -0.05) is 495 Å². The zero-order chi connectivity index (χ0) is 93.7. The van der Waals surface area contributed by atoms with Crippen molar-refractivity contribution < 1.29 is 54.2 Å². The molecule has 0 unspecified atom stereocenters. The second-order valence-electron chi connectivity index (χ2n) is 30.9. The Labute approximate surface area is 885 Å². The summed E-state index contributed by atoms with van der Waals surface area (Å²) in [6.07, 6.45) is 0. The molecule has 22 rings (SSSR count). The van der Waals surface area contributed by atoms with Gasteiger partial charge in [-0.25, -0.2) is 5.26 Å². The zero-order valence-corrected chi connectivity index (χ0v) is 87.4. The molecule has 0 aliphatic carbocycles. The summed E-state index contributed by atoms with van der Waals surface area (Å²) in [5.41, 5.74) is 23.4. The summed E-state index contributed by atoms with van der Waals surface area (Å²) >= 11 is 3.29. The smallest absolute Gasteiger partial charge is 0.488 e. The van der Waals surface area contributed by atoms with Gasteiger partial charge in [-0.05, 0) is 207 Å². The van der Waals surface area contributed by atoms with Gasteiger partial charge in [-0.15, -0.1) is 0 Å². The van der Waals surface area contributed by atoms with Crippen molar-refractivity contribution in [1.29, 1.82) is 0 Å². The van der Waals surface area contributed by atoms with Crippen LogP contribution in [-0.4, -0.2) is 88.0 Å². The van der Waals surface area contributed by atoms with E-state index in [2.05, 4.69) is 445 Å². The van der Waals surface area contributed by atoms with Gasteiger partial charge in [0.2, 0.25) is 0 Å². The Kier molecular flexibility index (Phi) is 42.8. The number of halogens is 1. The number of nitrogens with two attached hydrogens (primary N) is 2. The fourth-order valence-corrected chi connectivity index (χ4v) is 25.1. The van der Waals surface area contributed by atoms with Crippen LogP contribution in [0.2, 0.25) is 0 Å². The molecule has 18 heteroatoms. The van der Waals surface area contributed by atoms with E-state index in [0.717, 1.165) is 82.9 Å². The molecule has 139 heavy (non-hydrogen) atoms. The Bertz CT molecular complexity index is 6490. The number of hydrogen-bond acceptors (Lipinski definition) is 9. The first kappa shape index (κ1) is 106. The third-order valence-electron chi connectivity index (χ3n) is 21.8. The summed E-state index contributed by atoms with van der Waals surface area (Å²) in [7, 11) is -3.26. The SMILES string of the molecule is Nc1ccc(-c2cccc(-c3cccc4oc5ccccc5c34)c2)cc1.Nc1ccc(Br)cc1.O=[C-]OO.OB(O)c1cccc(-c2cccc3oc4ccccc4c23)c1.[Na].[Na].[Pd].c1ccc(P(c2ccccc2)c2ccccc2)cc1.c1ccc(P(c2ccccc2)c2ccccc2)cc1.c1ccc(P(c2ccccc2)c2ccccc2)cc1.c1ccc(P(c2ccccc2)c2ccccc2)cc1. The molecule has 2 aromatic heterocycles. The standard InChI is InChI=1S/C24H17NO.C18H13BO3.4C18H15P.C6H6BrN.CHO3.2Na.Pd/c25-19-13-11-16(12-14-19)17-5-3-6-18(15-17)20-8-4-10-23-24(20)21-7-1-2-9-22(21)26-23;20-19(21)13-6-3-5-12(11-13)14-8-4-10-17-18(14)15-7-1-2-9-16(15)22-17;4*1-4-10-16(11-5-1)19(17-12-6-2-7-13-17)18-14-8-3-9-15-18;7-5-1-3-6(8)4-2-5;2-1-4-3;;;/h1-15H,25H2;1-11,20-21H;4*1-15H;1-4H,8H2;3H;;;/q;;;;;;;-1;;;. The van der Waals surface area contributed by atoms with Gasteiger partial charge in [-0.3, -0.25) is 0 Å². The molecule has 9 nitrogen and oxygen atoms in total. The molecule has 676 valence electrons.